The summed E-state index contributed by atoms with van der Waals surface area (Å²) in [6.45, 7) is 3.34. The van der Waals surface area contributed by atoms with Crippen LogP contribution < -0.4 is 29.6 Å². The van der Waals surface area contributed by atoms with E-state index in [2.05, 4.69) is 10.1 Å². The van der Waals surface area contributed by atoms with Gasteiger partial charge >= 0.3 is 29.6 Å². The Morgan fingerprint density at radius 3 is 2.36 bits per heavy atom. The van der Waals surface area contributed by atoms with E-state index in [0.717, 1.165) is 26.2 Å². The molecule has 1 unspecified atom stereocenters. The number of nitrogens with one attached hydrogen (secondary N) is 1. The molecule has 0 aliphatic carbocycles. The van der Waals surface area contributed by atoms with Crippen molar-refractivity contribution in [3.63, 3.8) is 0 Å². The molecule has 0 aromatic rings. The maximum atomic E-state index is 9.17. The number of rotatable bonds is 4. The largest absolute Gasteiger partial charge is 1.00 e. The fourth-order valence-electron chi connectivity index (χ4n) is 1.38. The first kappa shape index (κ1) is 14.3. The Hall–Kier alpha value is 0.280. The van der Waals surface area contributed by atoms with Crippen LogP contribution in [0, 0.1) is 5.53 Å². The summed E-state index contributed by atoms with van der Waals surface area (Å²) in [7, 11) is 0. The average molecular weight is 212 g/mol. The number of β-amino-alcohol motifs (C(OH)–C–C–N with tert-alkyl or cyclic N) is 1. The third-order valence-electron chi connectivity index (χ3n) is 2.17. The van der Waals surface area contributed by atoms with Crippen molar-refractivity contribution in [2.24, 2.45) is 5.22 Å². The summed E-state index contributed by atoms with van der Waals surface area (Å²) in [5.41, 5.74) is 6.78. The summed E-state index contributed by atoms with van der Waals surface area (Å²) in [6, 6.07) is 0. The van der Waals surface area contributed by atoms with Crippen molar-refractivity contribution in [3.8, 4) is 0 Å². The fourth-order valence-corrected chi connectivity index (χ4v) is 1.38. The van der Waals surface area contributed by atoms with Crippen LogP contribution in [0.5, 0.6) is 0 Å². The smallest absolute Gasteiger partial charge is 1.00 e. The predicted molar refractivity (Wildman–Crippen MR) is 47.4 cm³/mol. The van der Waals surface area contributed by atoms with Crippen LogP contribution in [-0.4, -0.2) is 65.6 Å². The summed E-state index contributed by atoms with van der Waals surface area (Å²) in [6.07, 6.45) is -0.653. The quantitative estimate of drug-likeness (QED) is 0.328. The number of aliphatic hydroxyl groups is 2. The molecule has 1 saturated heterocycles. The van der Waals surface area contributed by atoms with E-state index in [-0.39, 0.29) is 37.6 Å². The van der Waals surface area contributed by atoms with E-state index in [1.54, 1.807) is 5.01 Å². The predicted octanol–water partition coefficient (Wildman–Crippen LogP) is -3.98. The maximum absolute atomic E-state index is 9.17. The number of piperazine rings is 1. The SMILES string of the molecule is N=NN1CCN(CC(O)CO)CC1.[H-].[Na+]. The summed E-state index contributed by atoms with van der Waals surface area (Å²) >= 11 is 0. The number of hydrogen-bond acceptors (Lipinski definition) is 5. The van der Waals surface area contributed by atoms with Gasteiger partial charge in [0.1, 0.15) is 0 Å². The van der Waals surface area contributed by atoms with Crippen LogP contribution in [-0.2, 0) is 0 Å². The minimum Gasteiger partial charge on any atom is -1.00 e. The van der Waals surface area contributed by atoms with Gasteiger partial charge in [-0.05, 0) is 0 Å². The molecule has 14 heavy (non-hydrogen) atoms. The molecule has 0 amide bonds. The molecular formula is C7H17N4NaO2. The van der Waals surface area contributed by atoms with Gasteiger partial charge in [-0.2, -0.15) is 5.53 Å². The van der Waals surface area contributed by atoms with E-state index in [4.69, 9.17) is 15.7 Å². The first-order chi connectivity index (χ1) is 6.26. The summed E-state index contributed by atoms with van der Waals surface area (Å²) in [5.74, 6) is 0. The van der Waals surface area contributed by atoms with Crippen LogP contribution in [0.15, 0.2) is 5.22 Å². The van der Waals surface area contributed by atoms with Crippen molar-refractivity contribution < 1.29 is 41.2 Å². The summed E-state index contributed by atoms with van der Waals surface area (Å²) in [4.78, 5) is 2.06. The molecule has 6 nitrogen and oxygen atoms in total. The van der Waals surface area contributed by atoms with Gasteiger partial charge in [-0.3, -0.25) is 9.91 Å². The molecule has 0 radical (unpaired) electrons. The molecule has 1 aliphatic heterocycles. The summed E-state index contributed by atoms with van der Waals surface area (Å²) in [5, 5.41) is 22.8. The minimum absolute atomic E-state index is 0. The van der Waals surface area contributed by atoms with E-state index in [0.29, 0.717) is 6.54 Å². The van der Waals surface area contributed by atoms with Crippen LogP contribution in [0.4, 0.5) is 0 Å². The zero-order valence-corrected chi connectivity index (χ0v) is 10.6. The van der Waals surface area contributed by atoms with Crippen molar-refractivity contribution in [2.45, 2.75) is 6.10 Å². The Kier molecular flexibility index (Phi) is 7.71. The molecule has 1 heterocycles. The zero-order valence-electron chi connectivity index (χ0n) is 9.56. The van der Waals surface area contributed by atoms with E-state index < -0.39 is 6.10 Å². The van der Waals surface area contributed by atoms with Crippen LogP contribution in [0.1, 0.15) is 1.43 Å². The zero-order chi connectivity index (χ0) is 9.68. The van der Waals surface area contributed by atoms with Gasteiger partial charge in [0.2, 0.25) is 0 Å². The van der Waals surface area contributed by atoms with Gasteiger partial charge in [0.15, 0.2) is 0 Å². The topological polar surface area (TPSA) is 83.2 Å². The van der Waals surface area contributed by atoms with E-state index in [1.807, 2.05) is 0 Å². The Morgan fingerprint density at radius 2 is 1.93 bits per heavy atom. The van der Waals surface area contributed by atoms with E-state index in [9.17, 15) is 0 Å². The van der Waals surface area contributed by atoms with Crippen LogP contribution in [0.3, 0.4) is 0 Å². The molecule has 0 spiro atoms. The van der Waals surface area contributed by atoms with Crippen molar-refractivity contribution in [1.82, 2.24) is 9.91 Å². The number of hydrogen-bond donors (Lipinski definition) is 3. The van der Waals surface area contributed by atoms with Gasteiger partial charge in [0.25, 0.3) is 0 Å². The van der Waals surface area contributed by atoms with Crippen LogP contribution >= 0.6 is 0 Å². The van der Waals surface area contributed by atoms with Crippen LogP contribution in [0.2, 0.25) is 0 Å². The van der Waals surface area contributed by atoms with Gasteiger partial charge in [0.05, 0.1) is 25.8 Å². The molecule has 7 heteroatoms. The van der Waals surface area contributed by atoms with E-state index >= 15 is 0 Å². The maximum Gasteiger partial charge on any atom is 1.00 e. The molecule has 1 rings (SSSR count). The molecule has 78 valence electrons. The van der Waals surface area contributed by atoms with Gasteiger partial charge in [0, 0.05) is 19.6 Å². The first-order valence-electron chi connectivity index (χ1n) is 4.40. The van der Waals surface area contributed by atoms with Gasteiger partial charge in [-0.1, -0.05) is 5.22 Å². The Bertz CT molecular complexity index is 169. The van der Waals surface area contributed by atoms with E-state index in [1.165, 1.54) is 0 Å². The van der Waals surface area contributed by atoms with Crippen molar-refractivity contribution in [2.75, 3.05) is 39.3 Å². The number of nitrogens with zero attached hydrogens (tertiary/aromatic N) is 3. The van der Waals surface area contributed by atoms with Crippen molar-refractivity contribution >= 4 is 0 Å². The van der Waals surface area contributed by atoms with Gasteiger partial charge < -0.3 is 11.6 Å². The van der Waals surface area contributed by atoms with Gasteiger partial charge in [-0.15, -0.1) is 0 Å². The van der Waals surface area contributed by atoms with Crippen LogP contribution in [0.25, 0.3) is 0 Å². The first-order valence-corrected chi connectivity index (χ1v) is 4.40. The number of aliphatic hydroxyl groups excluding tert-OH is 2. The van der Waals surface area contributed by atoms with Crippen molar-refractivity contribution in [3.05, 3.63) is 0 Å². The Balaban J connectivity index is 0. The second-order valence-electron chi connectivity index (χ2n) is 3.19. The molecule has 0 saturated carbocycles. The summed E-state index contributed by atoms with van der Waals surface area (Å²) < 4.78 is 0. The molecule has 1 aliphatic rings. The third kappa shape index (κ3) is 4.68. The Morgan fingerprint density at radius 1 is 1.36 bits per heavy atom. The normalized spacial score (nSPS) is 20.0. The van der Waals surface area contributed by atoms with Crippen molar-refractivity contribution in [1.29, 1.82) is 5.53 Å². The molecule has 0 aromatic carbocycles. The molecule has 1 fully saturated rings. The molecular weight excluding hydrogens is 195 g/mol. The Labute approximate surface area is 107 Å². The van der Waals surface area contributed by atoms with Gasteiger partial charge in [-0.25, -0.2) is 0 Å². The average Bonchev–Trinajstić information content (AvgIpc) is 2.19. The molecule has 1 atom stereocenters. The standard InChI is InChI=1S/C7H16N4O2.Na.H/c8-9-11-3-1-10(2-4-11)5-7(13)6-12;;/h7-8,12-13H,1-6H2;;/q;+1;-1. The molecule has 0 bridgehead atoms. The molecule has 3 N–H and O–H groups in total. The second kappa shape index (κ2) is 7.56. The second-order valence-corrected chi connectivity index (χ2v) is 3.19. The fraction of sp³-hybridized carbons (Fsp3) is 1.00. The minimum atomic E-state index is -0.653. The third-order valence-corrected chi connectivity index (χ3v) is 2.17. The molecule has 0 aromatic heterocycles. The monoisotopic (exact) mass is 212 g/mol.